The van der Waals surface area contributed by atoms with Gasteiger partial charge in [0.2, 0.25) is 0 Å². The molecule has 1 heterocycles. The minimum atomic E-state index is -0.331. The minimum Gasteiger partial charge on any atom is -0.383 e. The standard InChI is InChI=1S/C16H19ClFN3/c1-2-7-20-15(13-4-3-8-21-16(13)19)9-11-5-6-12(18)10-14(11)17/h3-6,8,10,15,20H,2,7,9H2,1H3,(H2,19,21). The molecular formula is C16H19ClFN3. The number of nitrogens with one attached hydrogen (secondary N) is 1. The van der Waals surface area contributed by atoms with Gasteiger partial charge in [0.05, 0.1) is 0 Å². The highest BCUT2D eigenvalue weighted by molar-refractivity contribution is 6.31. The Bertz CT molecular complexity index is 604. The molecule has 2 aromatic rings. The van der Waals surface area contributed by atoms with Crippen LogP contribution < -0.4 is 11.1 Å². The van der Waals surface area contributed by atoms with Crippen LogP contribution in [-0.4, -0.2) is 11.5 Å². The number of anilines is 1. The van der Waals surface area contributed by atoms with E-state index in [4.69, 9.17) is 17.3 Å². The fourth-order valence-electron chi connectivity index (χ4n) is 2.24. The van der Waals surface area contributed by atoms with Crippen LogP contribution in [0.25, 0.3) is 0 Å². The van der Waals surface area contributed by atoms with Crippen molar-refractivity contribution >= 4 is 17.4 Å². The number of hydrogen-bond acceptors (Lipinski definition) is 3. The smallest absolute Gasteiger partial charge is 0.128 e. The van der Waals surface area contributed by atoms with Crippen LogP contribution in [0.1, 0.15) is 30.5 Å². The van der Waals surface area contributed by atoms with Gasteiger partial charge in [0.15, 0.2) is 0 Å². The van der Waals surface area contributed by atoms with Crippen molar-refractivity contribution in [2.45, 2.75) is 25.8 Å². The van der Waals surface area contributed by atoms with Crippen molar-refractivity contribution in [2.24, 2.45) is 0 Å². The fourth-order valence-corrected chi connectivity index (χ4v) is 2.49. The molecule has 3 N–H and O–H groups in total. The maximum absolute atomic E-state index is 13.1. The second-order valence-corrected chi connectivity index (χ2v) is 5.33. The van der Waals surface area contributed by atoms with Crippen LogP contribution in [0.3, 0.4) is 0 Å². The molecule has 0 aliphatic heterocycles. The lowest BCUT2D eigenvalue weighted by Crippen LogP contribution is -2.25. The van der Waals surface area contributed by atoms with Crippen LogP contribution in [0.2, 0.25) is 5.02 Å². The molecule has 1 atom stereocenters. The summed E-state index contributed by atoms with van der Waals surface area (Å²) in [4.78, 5) is 4.13. The maximum Gasteiger partial charge on any atom is 0.128 e. The van der Waals surface area contributed by atoms with E-state index >= 15 is 0 Å². The average Bonchev–Trinajstić information content (AvgIpc) is 2.46. The summed E-state index contributed by atoms with van der Waals surface area (Å²) in [7, 11) is 0. The van der Waals surface area contributed by atoms with E-state index in [0.29, 0.717) is 17.3 Å². The van der Waals surface area contributed by atoms with E-state index in [1.54, 1.807) is 12.3 Å². The molecule has 5 heteroatoms. The molecule has 0 bridgehead atoms. The molecule has 2 rings (SSSR count). The Kier molecular flexibility index (Phi) is 5.53. The zero-order valence-electron chi connectivity index (χ0n) is 11.9. The molecule has 3 nitrogen and oxygen atoms in total. The minimum absolute atomic E-state index is 0.00149. The van der Waals surface area contributed by atoms with Crippen molar-refractivity contribution in [3.05, 3.63) is 58.5 Å². The van der Waals surface area contributed by atoms with Gasteiger partial charge in [0.25, 0.3) is 0 Å². The van der Waals surface area contributed by atoms with Crippen LogP contribution >= 0.6 is 11.6 Å². The summed E-state index contributed by atoms with van der Waals surface area (Å²) in [6.45, 7) is 2.96. The van der Waals surface area contributed by atoms with Crippen LogP contribution in [0.5, 0.6) is 0 Å². The van der Waals surface area contributed by atoms with E-state index in [1.807, 2.05) is 12.1 Å². The summed E-state index contributed by atoms with van der Waals surface area (Å²) in [5.41, 5.74) is 7.79. The highest BCUT2D eigenvalue weighted by Crippen LogP contribution is 2.26. The molecule has 0 aliphatic rings. The van der Waals surface area contributed by atoms with Gasteiger partial charge < -0.3 is 11.1 Å². The number of rotatable bonds is 6. The van der Waals surface area contributed by atoms with Gasteiger partial charge in [-0.15, -0.1) is 0 Å². The average molecular weight is 308 g/mol. The van der Waals surface area contributed by atoms with Gasteiger partial charge in [-0.2, -0.15) is 0 Å². The molecule has 0 saturated carbocycles. The SMILES string of the molecule is CCCNC(Cc1ccc(F)cc1Cl)c1cccnc1N. The summed E-state index contributed by atoms with van der Waals surface area (Å²) >= 11 is 6.12. The van der Waals surface area contributed by atoms with Crippen molar-refractivity contribution in [3.63, 3.8) is 0 Å². The zero-order chi connectivity index (χ0) is 15.2. The summed E-state index contributed by atoms with van der Waals surface area (Å²) < 4.78 is 13.1. The monoisotopic (exact) mass is 307 g/mol. The van der Waals surface area contributed by atoms with Crippen molar-refractivity contribution in [3.8, 4) is 0 Å². The normalized spacial score (nSPS) is 12.3. The van der Waals surface area contributed by atoms with E-state index in [1.165, 1.54) is 12.1 Å². The quantitative estimate of drug-likeness (QED) is 0.854. The highest BCUT2D eigenvalue weighted by Gasteiger charge is 2.16. The molecular weight excluding hydrogens is 289 g/mol. The van der Waals surface area contributed by atoms with Gasteiger partial charge in [-0.25, -0.2) is 9.37 Å². The summed E-state index contributed by atoms with van der Waals surface area (Å²) in [5.74, 6) is 0.173. The fraction of sp³-hybridized carbons (Fsp3) is 0.312. The van der Waals surface area contributed by atoms with Crippen LogP contribution in [0, 0.1) is 5.82 Å². The zero-order valence-corrected chi connectivity index (χ0v) is 12.7. The molecule has 1 unspecified atom stereocenters. The largest absolute Gasteiger partial charge is 0.383 e. The molecule has 0 aliphatic carbocycles. The number of nitrogens with two attached hydrogens (primary N) is 1. The van der Waals surface area contributed by atoms with Crippen molar-refractivity contribution < 1.29 is 4.39 Å². The number of nitrogen functional groups attached to an aromatic ring is 1. The Balaban J connectivity index is 2.26. The van der Waals surface area contributed by atoms with Gasteiger partial charge >= 0.3 is 0 Å². The van der Waals surface area contributed by atoms with E-state index in [2.05, 4.69) is 17.2 Å². The summed E-state index contributed by atoms with van der Waals surface area (Å²) in [6.07, 6.45) is 3.31. The van der Waals surface area contributed by atoms with E-state index in [9.17, 15) is 4.39 Å². The van der Waals surface area contributed by atoms with Gasteiger partial charge in [0, 0.05) is 22.8 Å². The molecule has 0 radical (unpaired) electrons. The first-order valence-corrected chi connectivity index (χ1v) is 7.37. The van der Waals surface area contributed by atoms with E-state index < -0.39 is 0 Å². The first-order chi connectivity index (χ1) is 10.1. The molecule has 0 amide bonds. The Labute approximate surface area is 129 Å². The molecule has 0 spiro atoms. The Morgan fingerprint density at radius 3 is 2.86 bits per heavy atom. The lowest BCUT2D eigenvalue weighted by Gasteiger charge is -2.20. The second kappa shape index (κ2) is 7.38. The molecule has 112 valence electrons. The molecule has 1 aromatic heterocycles. The third kappa shape index (κ3) is 4.16. The lowest BCUT2D eigenvalue weighted by atomic mass is 9.99. The third-order valence-electron chi connectivity index (χ3n) is 3.33. The van der Waals surface area contributed by atoms with Crippen molar-refractivity contribution in [2.75, 3.05) is 12.3 Å². The van der Waals surface area contributed by atoms with Gasteiger partial charge in [-0.3, -0.25) is 0 Å². The van der Waals surface area contributed by atoms with Crippen LogP contribution in [0.15, 0.2) is 36.5 Å². The maximum atomic E-state index is 13.1. The number of hydrogen-bond donors (Lipinski definition) is 2. The second-order valence-electron chi connectivity index (χ2n) is 4.92. The Morgan fingerprint density at radius 2 is 2.19 bits per heavy atom. The lowest BCUT2D eigenvalue weighted by molar-refractivity contribution is 0.529. The van der Waals surface area contributed by atoms with E-state index in [-0.39, 0.29) is 11.9 Å². The molecule has 1 aromatic carbocycles. The van der Waals surface area contributed by atoms with E-state index in [0.717, 1.165) is 24.1 Å². The van der Waals surface area contributed by atoms with Gasteiger partial charge in [0.1, 0.15) is 11.6 Å². The number of benzene rings is 1. The summed E-state index contributed by atoms with van der Waals surface area (Å²) in [6, 6.07) is 8.28. The number of aromatic nitrogens is 1. The van der Waals surface area contributed by atoms with Crippen molar-refractivity contribution in [1.29, 1.82) is 0 Å². The molecule has 21 heavy (non-hydrogen) atoms. The molecule has 0 fully saturated rings. The van der Waals surface area contributed by atoms with Crippen LogP contribution in [-0.2, 0) is 6.42 Å². The Hall–Kier alpha value is -1.65. The number of halogens is 2. The third-order valence-corrected chi connectivity index (χ3v) is 3.68. The predicted molar refractivity (Wildman–Crippen MR) is 84.8 cm³/mol. The topological polar surface area (TPSA) is 50.9 Å². The summed E-state index contributed by atoms with van der Waals surface area (Å²) in [5, 5.41) is 3.88. The van der Waals surface area contributed by atoms with Crippen LogP contribution in [0.4, 0.5) is 10.2 Å². The first kappa shape index (κ1) is 15.7. The highest BCUT2D eigenvalue weighted by atomic mass is 35.5. The number of pyridine rings is 1. The van der Waals surface area contributed by atoms with Gasteiger partial charge in [-0.05, 0) is 43.1 Å². The number of nitrogens with zero attached hydrogens (tertiary/aromatic N) is 1. The predicted octanol–water partition coefficient (Wildman–Crippen LogP) is 3.74. The van der Waals surface area contributed by atoms with Crippen molar-refractivity contribution in [1.82, 2.24) is 10.3 Å². The first-order valence-electron chi connectivity index (χ1n) is 6.99. The Morgan fingerprint density at radius 1 is 1.38 bits per heavy atom. The molecule has 0 saturated heterocycles. The van der Waals surface area contributed by atoms with Gasteiger partial charge in [-0.1, -0.05) is 30.7 Å².